The summed E-state index contributed by atoms with van der Waals surface area (Å²) in [5.74, 6) is 0.286. The molecule has 0 radical (unpaired) electrons. The number of hydrogen-bond acceptors (Lipinski definition) is 4. The molecule has 0 aliphatic carbocycles. The zero-order valence-electron chi connectivity index (χ0n) is 14.3. The van der Waals surface area contributed by atoms with Gasteiger partial charge in [-0.1, -0.05) is 69.6 Å². The molecule has 0 bridgehead atoms. The van der Waals surface area contributed by atoms with Crippen molar-refractivity contribution in [1.29, 1.82) is 0 Å². The zero-order valence-corrected chi connectivity index (χ0v) is 15.9. The molecule has 0 fully saturated rings. The first-order chi connectivity index (χ1) is 13.1. The van der Waals surface area contributed by atoms with Crippen molar-refractivity contribution >= 4 is 27.7 Å². The molecule has 0 amide bonds. The van der Waals surface area contributed by atoms with E-state index >= 15 is 0 Å². The van der Waals surface area contributed by atoms with Crippen molar-refractivity contribution < 1.29 is 14.4 Å². The second kappa shape index (κ2) is 9.00. The summed E-state index contributed by atoms with van der Waals surface area (Å²) in [4.78, 5) is 17.2. The van der Waals surface area contributed by atoms with Gasteiger partial charge in [0.15, 0.2) is 5.84 Å². The topological polar surface area (TPSA) is 73.9 Å². The maximum atomic E-state index is 12.2. The molecule has 136 valence electrons. The van der Waals surface area contributed by atoms with Crippen LogP contribution in [0.2, 0.25) is 0 Å². The van der Waals surface area contributed by atoms with Gasteiger partial charge in [-0.2, -0.15) is 0 Å². The second-order valence-corrected chi connectivity index (χ2v) is 6.58. The molecule has 0 saturated carbocycles. The van der Waals surface area contributed by atoms with Gasteiger partial charge in [-0.15, -0.1) is 0 Å². The smallest absolute Gasteiger partial charge is 0.365 e. The van der Waals surface area contributed by atoms with Crippen LogP contribution in [0.15, 0.2) is 88.5 Å². The number of rotatable bonds is 6. The lowest BCUT2D eigenvalue weighted by Gasteiger charge is -2.07. The van der Waals surface area contributed by atoms with E-state index in [0.29, 0.717) is 17.7 Å². The molecule has 0 unspecified atom stereocenters. The lowest BCUT2D eigenvalue weighted by molar-refractivity contribution is 0.0516. The van der Waals surface area contributed by atoms with E-state index < -0.39 is 5.97 Å². The van der Waals surface area contributed by atoms with Crippen LogP contribution in [0.25, 0.3) is 0 Å². The number of hydrogen-bond donors (Lipinski definition) is 1. The molecule has 0 aliphatic heterocycles. The molecule has 2 N–H and O–H groups in total. The van der Waals surface area contributed by atoms with E-state index in [9.17, 15) is 4.79 Å². The summed E-state index contributed by atoms with van der Waals surface area (Å²) in [5, 5.41) is 3.71. The van der Waals surface area contributed by atoms with Crippen LogP contribution < -0.4 is 10.5 Å². The van der Waals surface area contributed by atoms with Crippen molar-refractivity contribution in [3.8, 4) is 5.75 Å². The first kappa shape index (κ1) is 18.7. The minimum atomic E-state index is -0.585. The Balaban J connectivity index is 1.63. The normalized spacial score (nSPS) is 11.1. The third-order valence-electron chi connectivity index (χ3n) is 3.66. The first-order valence-electron chi connectivity index (χ1n) is 8.19. The van der Waals surface area contributed by atoms with E-state index in [1.54, 1.807) is 30.3 Å². The number of oxime groups is 1. The second-order valence-electron chi connectivity index (χ2n) is 5.67. The van der Waals surface area contributed by atoms with Gasteiger partial charge in [0, 0.05) is 10.0 Å². The summed E-state index contributed by atoms with van der Waals surface area (Å²) in [6.07, 6.45) is 0. The number of nitrogens with two attached hydrogens (primary N) is 1. The SMILES string of the molecule is N/C(=N\OC(=O)c1cccc(COc2cccc(Br)c2)c1)c1ccccc1. The van der Waals surface area contributed by atoms with Gasteiger partial charge in [0.2, 0.25) is 0 Å². The Kier molecular flexibility index (Phi) is 6.22. The third-order valence-corrected chi connectivity index (χ3v) is 4.15. The highest BCUT2D eigenvalue weighted by molar-refractivity contribution is 9.10. The summed E-state index contributed by atoms with van der Waals surface area (Å²) >= 11 is 3.40. The van der Waals surface area contributed by atoms with Crippen LogP contribution in [0.5, 0.6) is 5.75 Å². The molecule has 0 atom stereocenters. The molecule has 3 rings (SSSR count). The summed E-state index contributed by atoms with van der Waals surface area (Å²) < 4.78 is 6.67. The maximum absolute atomic E-state index is 12.2. The van der Waals surface area contributed by atoms with Crippen LogP contribution in [-0.2, 0) is 11.4 Å². The fourth-order valence-electron chi connectivity index (χ4n) is 2.32. The van der Waals surface area contributed by atoms with E-state index in [1.807, 2.05) is 48.5 Å². The number of benzene rings is 3. The van der Waals surface area contributed by atoms with Gasteiger partial charge >= 0.3 is 5.97 Å². The average molecular weight is 425 g/mol. The van der Waals surface area contributed by atoms with E-state index in [0.717, 1.165) is 15.8 Å². The summed E-state index contributed by atoms with van der Waals surface area (Å²) in [6.45, 7) is 0.326. The monoisotopic (exact) mass is 424 g/mol. The number of amidine groups is 1. The van der Waals surface area contributed by atoms with Crippen LogP contribution in [-0.4, -0.2) is 11.8 Å². The van der Waals surface area contributed by atoms with Gasteiger partial charge in [0.05, 0.1) is 5.56 Å². The van der Waals surface area contributed by atoms with E-state index in [1.165, 1.54) is 0 Å². The van der Waals surface area contributed by atoms with Gasteiger partial charge in [0.25, 0.3) is 0 Å². The van der Waals surface area contributed by atoms with Crippen molar-refractivity contribution in [2.24, 2.45) is 10.9 Å². The molecule has 0 aromatic heterocycles. The lowest BCUT2D eigenvalue weighted by atomic mass is 10.1. The van der Waals surface area contributed by atoms with Crippen LogP contribution >= 0.6 is 15.9 Å². The van der Waals surface area contributed by atoms with Crippen molar-refractivity contribution in [3.05, 3.63) is 100 Å². The number of carbonyl (C=O) groups excluding carboxylic acids is 1. The van der Waals surface area contributed by atoms with Gasteiger partial charge in [-0.25, -0.2) is 4.79 Å². The third kappa shape index (κ3) is 5.43. The van der Waals surface area contributed by atoms with Crippen molar-refractivity contribution in [2.45, 2.75) is 6.61 Å². The first-order valence-corrected chi connectivity index (χ1v) is 8.98. The highest BCUT2D eigenvalue weighted by Crippen LogP contribution is 2.19. The molecule has 6 heteroatoms. The number of halogens is 1. The number of ether oxygens (including phenoxy) is 1. The van der Waals surface area contributed by atoms with Crippen molar-refractivity contribution in [1.82, 2.24) is 0 Å². The Bertz CT molecular complexity index is 958. The molecule has 27 heavy (non-hydrogen) atoms. The van der Waals surface area contributed by atoms with Crippen LogP contribution in [0.1, 0.15) is 21.5 Å². The number of carbonyl (C=O) groups is 1. The standard InChI is InChI=1S/C21H17BrN2O3/c22-18-10-5-11-19(13-18)26-14-15-6-4-9-17(12-15)21(25)27-24-20(23)16-7-2-1-3-8-16/h1-13H,14H2,(H2,23,24). The molecule has 3 aromatic rings. The van der Waals surface area contributed by atoms with E-state index in [-0.39, 0.29) is 5.84 Å². The molecule has 5 nitrogen and oxygen atoms in total. The van der Waals surface area contributed by atoms with Gasteiger partial charge in [-0.05, 0) is 35.9 Å². The largest absolute Gasteiger partial charge is 0.489 e. The molecule has 0 saturated heterocycles. The minimum absolute atomic E-state index is 0.137. The van der Waals surface area contributed by atoms with Crippen LogP contribution in [0.3, 0.4) is 0 Å². The van der Waals surface area contributed by atoms with Gasteiger partial charge in [-0.3, -0.25) is 0 Å². The molecular weight excluding hydrogens is 408 g/mol. The summed E-state index contributed by atoms with van der Waals surface area (Å²) in [5.41, 5.74) is 7.71. The molecule has 0 aliphatic rings. The zero-order chi connectivity index (χ0) is 19.1. The fraction of sp³-hybridized carbons (Fsp3) is 0.0476. The molecule has 0 heterocycles. The highest BCUT2D eigenvalue weighted by Gasteiger charge is 2.09. The average Bonchev–Trinajstić information content (AvgIpc) is 2.71. The summed E-state index contributed by atoms with van der Waals surface area (Å²) in [7, 11) is 0. The molecular formula is C21H17BrN2O3. The van der Waals surface area contributed by atoms with E-state index in [4.69, 9.17) is 15.3 Å². The van der Waals surface area contributed by atoms with Gasteiger partial charge in [0.1, 0.15) is 12.4 Å². The van der Waals surface area contributed by atoms with Crippen molar-refractivity contribution in [3.63, 3.8) is 0 Å². The van der Waals surface area contributed by atoms with E-state index in [2.05, 4.69) is 21.1 Å². The summed E-state index contributed by atoms with van der Waals surface area (Å²) in [6, 6.07) is 23.6. The maximum Gasteiger partial charge on any atom is 0.365 e. The predicted molar refractivity (Wildman–Crippen MR) is 107 cm³/mol. The lowest BCUT2D eigenvalue weighted by Crippen LogP contribution is -2.15. The Morgan fingerprint density at radius 1 is 0.926 bits per heavy atom. The van der Waals surface area contributed by atoms with Crippen molar-refractivity contribution in [2.75, 3.05) is 0 Å². The molecule has 3 aromatic carbocycles. The van der Waals surface area contributed by atoms with Gasteiger partial charge < -0.3 is 15.3 Å². The minimum Gasteiger partial charge on any atom is -0.489 e. The quantitative estimate of drug-likeness (QED) is 0.273. The predicted octanol–water partition coefficient (Wildman–Crippen LogP) is 4.51. The van der Waals surface area contributed by atoms with Crippen LogP contribution in [0.4, 0.5) is 0 Å². The van der Waals surface area contributed by atoms with Crippen LogP contribution in [0, 0.1) is 0 Å². The Hall–Kier alpha value is -3.12. The number of nitrogens with zero attached hydrogens (tertiary/aromatic N) is 1. The fourth-order valence-corrected chi connectivity index (χ4v) is 2.69. The highest BCUT2D eigenvalue weighted by atomic mass is 79.9. The Morgan fingerprint density at radius 2 is 1.67 bits per heavy atom. The Labute approximate surface area is 165 Å². The molecule has 0 spiro atoms. The Morgan fingerprint density at radius 3 is 2.44 bits per heavy atom.